The number of amides is 1. The zero-order valence-corrected chi connectivity index (χ0v) is 21.6. The first-order valence-electron chi connectivity index (χ1n) is 12.6. The lowest BCUT2D eigenvalue weighted by Crippen LogP contribution is -2.44. The van der Waals surface area contributed by atoms with Gasteiger partial charge in [-0.1, -0.05) is 31.5 Å². The average Bonchev–Trinajstić information content (AvgIpc) is 2.91. The third kappa shape index (κ3) is 6.17. The minimum atomic E-state index is -1.26. The van der Waals surface area contributed by atoms with Gasteiger partial charge in [0.2, 0.25) is 0 Å². The van der Waals surface area contributed by atoms with Gasteiger partial charge in [0.1, 0.15) is 23.6 Å². The molecule has 3 N–H and O–H groups in total. The number of nitrogens with one attached hydrogen (secondary N) is 1. The Balaban J connectivity index is 1.59. The number of rotatable bonds is 9. The number of pyridine rings is 1. The fourth-order valence-corrected chi connectivity index (χ4v) is 4.38. The number of carboxylic acid groups (broad SMARTS) is 1. The van der Waals surface area contributed by atoms with E-state index >= 15 is 0 Å². The number of piperazine rings is 1. The standard InChI is InChI=1S/C27H32N6O5/c1-3-5-21-25(36)24(26(37)29-16-23(34)35)27(38)33(30-21)17-18-6-4-7-19(14-18)20-8-9-22(28-15-20)32-12-10-31(2)11-13-32/h4,6-9,14-15,36H,3,5,10-13,16-17H2,1-2H3,(H,29,37)(H,34,35). The van der Waals surface area contributed by atoms with Crippen LogP contribution in [0.3, 0.4) is 0 Å². The predicted molar refractivity (Wildman–Crippen MR) is 143 cm³/mol. The fourth-order valence-electron chi connectivity index (χ4n) is 4.38. The second-order valence-corrected chi connectivity index (χ2v) is 9.36. The molecule has 0 bridgehead atoms. The molecule has 0 spiro atoms. The van der Waals surface area contributed by atoms with Gasteiger partial charge in [-0.05, 0) is 42.8 Å². The van der Waals surface area contributed by atoms with E-state index < -0.39 is 35.3 Å². The Morgan fingerprint density at radius 3 is 2.50 bits per heavy atom. The van der Waals surface area contributed by atoms with Crippen LogP contribution < -0.4 is 15.8 Å². The molecule has 1 fully saturated rings. The van der Waals surface area contributed by atoms with Crippen molar-refractivity contribution in [3.05, 3.63) is 69.8 Å². The Morgan fingerprint density at radius 1 is 1.08 bits per heavy atom. The number of hydrogen-bond acceptors (Lipinski definition) is 8. The van der Waals surface area contributed by atoms with Crippen LogP contribution in [0.1, 0.15) is 35.0 Å². The summed E-state index contributed by atoms with van der Waals surface area (Å²) >= 11 is 0. The van der Waals surface area contributed by atoms with E-state index in [2.05, 4.69) is 32.2 Å². The highest BCUT2D eigenvalue weighted by Crippen LogP contribution is 2.24. The Labute approximate surface area is 220 Å². The molecule has 0 atom stereocenters. The molecule has 0 aliphatic carbocycles. The molecule has 2 aromatic heterocycles. The lowest BCUT2D eigenvalue weighted by molar-refractivity contribution is -0.135. The third-order valence-electron chi connectivity index (χ3n) is 6.48. The fraction of sp³-hybridized carbons (Fsp3) is 0.370. The molecule has 0 radical (unpaired) electrons. The topological polar surface area (TPSA) is 141 Å². The molecular weight excluding hydrogens is 488 g/mol. The van der Waals surface area contributed by atoms with Crippen molar-refractivity contribution in [2.45, 2.75) is 26.3 Å². The molecule has 11 heteroatoms. The lowest BCUT2D eigenvalue weighted by atomic mass is 10.0. The number of likely N-dealkylation sites (N-methyl/N-ethyl adjacent to an activating group) is 1. The summed E-state index contributed by atoms with van der Waals surface area (Å²) in [7, 11) is 2.11. The number of hydrogen-bond donors (Lipinski definition) is 3. The van der Waals surface area contributed by atoms with Crippen molar-refractivity contribution in [1.29, 1.82) is 0 Å². The summed E-state index contributed by atoms with van der Waals surface area (Å²) in [4.78, 5) is 45.8. The smallest absolute Gasteiger partial charge is 0.322 e. The van der Waals surface area contributed by atoms with E-state index in [1.807, 2.05) is 49.5 Å². The second kappa shape index (κ2) is 11.9. The normalized spacial score (nSPS) is 13.9. The molecule has 1 aliphatic heterocycles. The molecule has 3 heterocycles. The number of carboxylic acids is 1. The zero-order valence-electron chi connectivity index (χ0n) is 21.6. The van der Waals surface area contributed by atoms with Gasteiger partial charge in [0, 0.05) is 37.9 Å². The van der Waals surface area contributed by atoms with Crippen LogP contribution in [0.4, 0.5) is 5.82 Å². The van der Waals surface area contributed by atoms with E-state index in [9.17, 15) is 19.5 Å². The highest BCUT2D eigenvalue weighted by molar-refractivity contribution is 5.98. The quantitative estimate of drug-likeness (QED) is 0.383. The van der Waals surface area contributed by atoms with Crippen LogP contribution in [-0.2, 0) is 17.8 Å². The summed E-state index contributed by atoms with van der Waals surface area (Å²) in [6.07, 6.45) is 2.81. The van der Waals surface area contributed by atoms with E-state index in [0.29, 0.717) is 12.8 Å². The van der Waals surface area contributed by atoms with Gasteiger partial charge in [-0.2, -0.15) is 5.10 Å². The van der Waals surface area contributed by atoms with Gasteiger partial charge in [-0.3, -0.25) is 14.4 Å². The molecular formula is C27H32N6O5. The minimum Gasteiger partial charge on any atom is -0.505 e. The first kappa shape index (κ1) is 26.8. The van der Waals surface area contributed by atoms with Crippen LogP contribution >= 0.6 is 0 Å². The molecule has 1 aliphatic rings. The van der Waals surface area contributed by atoms with Gasteiger partial charge in [0.15, 0.2) is 5.75 Å². The van der Waals surface area contributed by atoms with Crippen LogP contribution in [-0.4, -0.2) is 81.5 Å². The van der Waals surface area contributed by atoms with E-state index in [4.69, 9.17) is 5.11 Å². The number of carbonyl (C=O) groups excluding carboxylic acids is 1. The largest absolute Gasteiger partial charge is 0.505 e. The minimum absolute atomic E-state index is 0.0652. The second-order valence-electron chi connectivity index (χ2n) is 9.36. The number of aryl methyl sites for hydroxylation is 1. The van der Waals surface area contributed by atoms with Crippen LogP contribution in [0, 0.1) is 0 Å². The van der Waals surface area contributed by atoms with Crippen molar-refractivity contribution in [1.82, 2.24) is 25.0 Å². The molecule has 1 aromatic carbocycles. The number of anilines is 1. The maximum absolute atomic E-state index is 13.1. The Morgan fingerprint density at radius 2 is 1.84 bits per heavy atom. The summed E-state index contributed by atoms with van der Waals surface area (Å²) in [6, 6.07) is 11.6. The molecule has 1 saturated heterocycles. The van der Waals surface area contributed by atoms with Crippen molar-refractivity contribution < 1.29 is 19.8 Å². The van der Waals surface area contributed by atoms with Crippen molar-refractivity contribution in [2.24, 2.45) is 0 Å². The van der Waals surface area contributed by atoms with Crippen LogP contribution in [0.15, 0.2) is 47.4 Å². The van der Waals surface area contributed by atoms with Crippen LogP contribution in [0.25, 0.3) is 11.1 Å². The average molecular weight is 521 g/mol. The van der Waals surface area contributed by atoms with Gasteiger partial charge in [-0.25, -0.2) is 9.67 Å². The van der Waals surface area contributed by atoms with E-state index in [-0.39, 0.29) is 12.2 Å². The highest BCUT2D eigenvalue weighted by atomic mass is 16.4. The van der Waals surface area contributed by atoms with Crippen LogP contribution in [0.5, 0.6) is 5.75 Å². The number of aliphatic carboxylic acids is 1. The monoisotopic (exact) mass is 520 g/mol. The van der Waals surface area contributed by atoms with Gasteiger partial charge in [0.05, 0.1) is 6.54 Å². The van der Waals surface area contributed by atoms with Crippen molar-refractivity contribution in [3.8, 4) is 16.9 Å². The number of carbonyl (C=O) groups is 2. The van der Waals surface area contributed by atoms with E-state index in [1.165, 1.54) is 0 Å². The maximum atomic E-state index is 13.1. The Bertz CT molecular complexity index is 1360. The Hall–Kier alpha value is -4.25. The van der Waals surface area contributed by atoms with Gasteiger partial charge in [-0.15, -0.1) is 0 Å². The molecule has 1 amide bonds. The van der Waals surface area contributed by atoms with E-state index in [0.717, 1.165) is 53.4 Å². The van der Waals surface area contributed by atoms with Gasteiger partial charge < -0.3 is 25.3 Å². The molecule has 0 unspecified atom stereocenters. The summed E-state index contributed by atoms with van der Waals surface area (Å²) in [6.45, 7) is 5.14. The number of nitrogens with zero attached hydrogens (tertiary/aromatic N) is 5. The molecule has 11 nitrogen and oxygen atoms in total. The van der Waals surface area contributed by atoms with Crippen LogP contribution in [0.2, 0.25) is 0 Å². The summed E-state index contributed by atoms with van der Waals surface area (Å²) in [5.41, 5.74) is 1.51. The molecule has 0 saturated carbocycles. The van der Waals surface area contributed by atoms with Crippen molar-refractivity contribution >= 4 is 17.7 Å². The number of aromatic hydroxyl groups is 1. The zero-order chi connectivity index (χ0) is 27.2. The van der Waals surface area contributed by atoms with E-state index in [1.54, 1.807) is 0 Å². The lowest BCUT2D eigenvalue weighted by Gasteiger charge is -2.33. The van der Waals surface area contributed by atoms with Crippen molar-refractivity contribution in [2.75, 3.05) is 44.7 Å². The summed E-state index contributed by atoms with van der Waals surface area (Å²) in [5, 5.41) is 25.9. The van der Waals surface area contributed by atoms with Gasteiger partial charge in [0.25, 0.3) is 11.5 Å². The molecule has 200 valence electrons. The third-order valence-corrected chi connectivity index (χ3v) is 6.48. The first-order chi connectivity index (χ1) is 18.3. The number of aromatic nitrogens is 3. The van der Waals surface area contributed by atoms with Crippen molar-refractivity contribution in [3.63, 3.8) is 0 Å². The molecule has 4 rings (SSSR count). The predicted octanol–water partition coefficient (Wildman–Crippen LogP) is 1.58. The molecule has 38 heavy (non-hydrogen) atoms. The Kier molecular flexibility index (Phi) is 8.37. The summed E-state index contributed by atoms with van der Waals surface area (Å²) < 4.78 is 1.13. The summed E-state index contributed by atoms with van der Waals surface area (Å²) in [5.74, 6) is -1.79. The highest BCUT2D eigenvalue weighted by Gasteiger charge is 2.23. The maximum Gasteiger partial charge on any atom is 0.322 e. The van der Waals surface area contributed by atoms with Gasteiger partial charge >= 0.3 is 5.97 Å². The number of benzene rings is 1. The first-order valence-corrected chi connectivity index (χ1v) is 12.6. The molecule has 3 aromatic rings. The SMILES string of the molecule is CCCc1nn(Cc2cccc(-c3ccc(N4CCN(C)CC4)nc3)c2)c(=O)c(C(=O)NCC(=O)O)c1O.